The van der Waals surface area contributed by atoms with Crippen LogP contribution in [-0.4, -0.2) is 15.0 Å². The quantitative estimate of drug-likeness (QED) is 0.641. The van der Waals surface area contributed by atoms with Gasteiger partial charge in [-0.05, 0) is 18.6 Å². The molecule has 0 bridgehead atoms. The van der Waals surface area contributed by atoms with Crippen LogP contribution in [0.4, 0.5) is 0 Å². The van der Waals surface area contributed by atoms with Crippen LogP contribution in [0.3, 0.4) is 0 Å². The Bertz CT molecular complexity index is 339. The van der Waals surface area contributed by atoms with Gasteiger partial charge in [0.2, 0.25) is 10.0 Å². The molecule has 0 atom stereocenters. The second-order valence-corrected chi connectivity index (χ2v) is 4.03. The largest absolute Gasteiger partial charge is 0.327 e. The Kier molecular flexibility index (Phi) is 4.61. The molecule has 0 spiro atoms. The fraction of sp³-hybridized carbons (Fsp3) is 0.250. The first-order valence-corrected chi connectivity index (χ1v) is 5.21. The minimum absolute atomic E-state index is 0.125. The smallest absolute Gasteiger partial charge is 0.237 e. The second-order valence-electron chi connectivity index (χ2n) is 2.41. The minimum Gasteiger partial charge on any atom is -0.327 e. The summed E-state index contributed by atoms with van der Waals surface area (Å²) in [4.78, 5) is -0.125. The van der Waals surface area contributed by atoms with Crippen LogP contribution in [0, 0.1) is 0 Å². The first-order chi connectivity index (χ1) is 5.91. The van der Waals surface area contributed by atoms with Gasteiger partial charge in [-0.1, -0.05) is 18.7 Å². The molecule has 0 saturated carbocycles. The molecule has 0 aliphatic carbocycles. The lowest BCUT2D eigenvalue weighted by Gasteiger charge is -1.96. The molecule has 0 saturated heterocycles. The van der Waals surface area contributed by atoms with Crippen molar-refractivity contribution in [2.24, 2.45) is 10.9 Å². The number of sulfonamides is 1. The highest BCUT2D eigenvalue weighted by Crippen LogP contribution is 2.02. The fourth-order valence-electron chi connectivity index (χ4n) is 0.577. The molecule has 0 radical (unpaired) electrons. The number of allylic oxidation sites excluding steroid dienone is 2. The van der Waals surface area contributed by atoms with Crippen LogP contribution in [0.15, 0.2) is 35.3 Å². The molecule has 0 unspecified atom stereocenters. The normalized spacial score (nSPS) is 13.6. The Morgan fingerprint density at radius 2 is 2.00 bits per heavy atom. The maximum absolute atomic E-state index is 10.7. The van der Waals surface area contributed by atoms with E-state index in [0.717, 1.165) is 5.57 Å². The molecule has 0 aliphatic rings. The molecule has 0 aromatic carbocycles. The predicted octanol–water partition coefficient (Wildman–Crippen LogP) is 0.250. The molecule has 0 aliphatic heterocycles. The molecule has 13 heavy (non-hydrogen) atoms. The Hall–Kier alpha value is -0.910. The fourth-order valence-corrected chi connectivity index (χ4v) is 0.835. The van der Waals surface area contributed by atoms with Crippen molar-refractivity contribution in [2.75, 3.05) is 6.54 Å². The number of nitrogens with two attached hydrogens (primary N) is 2. The summed E-state index contributed by atoms with van der Waals surface area (Å²) < 4.78 is 21.4. The zero-order valence-corrected chi connectivity index (χ0v) is 8.34. The second kappa shape index (κ2) is 4.96. The third kappa shape index (κ3) is 4.62. The third-order valence-electron chi connectivity index (χ3n) is 1.46. The molecule has 0 heterocycles. The van der Waals surface area contributed by atoms with Gasteiger partial charge in [0.25, 0.3) is 0 Å². The van der Waals surface area contributed by atoms with Gasteiger partial charge in [-0.3, -0.25) is 0 Å². The van der Waals surface area contributed by atoms with Gasteiger partial charge in [0.05, 0.1) is 4.91 Å². The average Bonchev–Trinajstić information content (AvgIpc) is 2.04. The van der Waals surface area contributed by atoms with Gasteiger partial charge in [-0.25, -0.2) is 13.6 Å². The molecule has 4 N–H and O–H groups in total. The van der Waals surface area contributed by atoms with Crippen molar-refractivity contribution >= 4 is 10.0 Å². The zero-order chi connectivity index (χ0) is 10.5. The Labute approximate surface area is 78.7 Å². The van der Waals surface area contributed by atoms with Gasteiger partial charge in [-0.2, -0.15) is 0 Å². The van der Waals surface area contributed by atoms with Crippen LogP contribution in [-0.2, 0) is 10.0 Å². The lowest BCUT2D eigenvalue weighted by molar-refractivity contribution is 0.604. The lowest BCUT2D eigenvalue weighted by atomic mass is 10.2. The summed E-state index contributed by atoms with van der Waals surface area (Å²) in [5.41, 5.74) is 6.17. The zero-order valence-electron chi connectivity index (χ0n) is 7.53. The monoisotopic (exact) mass is 202 g/mol. The van der Waals surface area contributed by atoms with Crippen LogP contribution in [0.25, 0.3) is 0 Å². The number of hydrogen-bond acceptors (Lipinski definition) is 3. The summed E-state index contributed by atoms with van der Waals surface area (Å²) >= 11 is 0. The van der Waals surface area contributed by atoms with E-state index < -0.39 is 10.0 Å². The van der Waals surface area contributed by atoms with E-state index in [1.807, 2.05) is 6.92 Å². The van der Waals surface area contributed by atoms with E-state index in [1.165, 1.54) is 6.08 Å². The van der Waals surface area contributed by atoms with E-state index in [1.54, 1.807) is 12.2 Å². The predicted molar refractivity (Wildman–Crippen MR) is 54.2 cm³/mol. The molecule has 0 rings (SSSR count). The highest BCUT2D eigenvalue weighted by atomic mass is 32.2. The summed E-state index contributed by atoms with van der Waals surface area (Å²) in [5, 5.41) is 4.82. The Morgan fingerprint density at radius 1 is 1.46 bits per heavy atom. The number of rotatable bonds is 4. The molecule has 0 aromatic rings. The van der Waals surface area contributed by atoms with Gasteiger partial charge in [0, 0.05) is 6.54 Å². The first-order valence-electron chi connectivity index (χ1n) is 3.67. The summed E-state index contributed by atoms with van der Waals surface area (Å²) in [6.07, 6.45) is 4.69. The molecule has 74 valence electrons. The van der Waals surface area contributed by atoms with E-state index in [0.29, 0.717) is 6.54 Å². The van der Waals surface area contributed by atoms with Crippen molar-refractivity contribution in [1.29, 1.82) is 0 Å². The summed E-state index contributed by atoms with van der Waals surface area (Å²) in [7, 11) is -3.66. The SMILES string of the molecule is C=C(/C=C\C(=C/C)CN)S(N)(=O)=O. The van der Waals surface area contributed by atoms with Crippen LogP contribution >= 0.6 is 0 Å². The van der Waals surface area contributed by atoms with Gasteiger partial charge in [0.1, 0.15) is 0 Å². The molecule has 5 heteroatoms. The maximum Gasteiger partial charge on any atom is 0.237 e. The summed E-state index contributed by atoms with van der Waals surface area (Å²) in [5.74, 6) is 0. The van der Waals surface area contributed by atoms with Crippen molar-refractivity contribution in [2.45, 2.75) is 6.92 Å². The van der Waals surface area contributed by atoms with Crippen molar-refractivity contribution in [3.05, 3.63) is 35.3 Å². The van der Waals surface area contributed by atoms with Crippen molar-refractivity contribution < 1.29 is 8.42 Å². The number of hydrogen-bond donors (Lipinski definition) is 2. The maximum atomic E-state index is 10.7. The molecule has 0 aromatic heterocycles. The van der Waals surface area contributed by atoms with Crippen molar-refractivity contribution in [1.82, 2.24) is 0 Å². The molecule has 0 fully saturated rings. The molecular weight excluding hydrogens is 188 g/mol. The minimum atomic E-state index is -3.66. The lowest BCUT2D eigenvalue weighted by Crippen LogP contribution is -2.12. The van der Waals surface area contributed by atoms with E-state index in [9.17, 15) is 8.42 Å². The highest BCUT2D eigenvalue weighted by molar-refractivity contribution is 7.93. The van der Waals surface area contributed by atoms with Crippen LogP contribution in [0.1, 0.15) is 6.92 Å². The van der Waals surface area contributed by atoms with E-state index >= 15 is 0 Å². The summed E-state index contributed by atoms with van der Waals surface area (Å²) in [6, 6.07) is 0. The van der Waals surface area contributed by atoms with Gasteiger partial charge in [-0.15, -0.1) is 0 Å². The van der Waals surface area contributed by atoms with Crippen LogP contribution < -0.4 is 10.9 Å². The Morgan fingerprint density at radius 3 is 2.31 bits per heavy atom. The van der Waals surface area contributed by atoms with Gasteiger partial charge >= 0.3 is 0 Å². The molecule has 0 amide bonds. The highest BCUT2D eigenvalue weighted by Gasteiger charge is 2.03. The first kappa shape index (κ1) is 12.1. The molecule has 4 nitrogen and oxygen atoms in total. The van der Waals surface area contributed by atoms with Crippen LogP contribution in [0.2, 0.25) is 0 Å². The van der Waals surface area contributed by atoms with E-state index in [2.05, 4.69) is 6.58 Å². The van der Waals surface area contributed by atoms with Gasteiger partial charge in [0.15, 0.2) is 0 Å². The van der Waals surface area contributed by atoms with Crippen LogP contribution in [0.5, 0.6) is 0 Å². The summed E-state index contributed by atoms with van der Waals surface area (Å²) in [6.45, 7) is 5.46. The number of primary sulfonamides is 1. The van der Waals surface area contributed by atoms with E-state index in [-0.39, 0.29) is 4.91 Å². The average molecular weight is 202 g/mol. The molecular formula is C8H14N2O2S. The topological polar surface area (TPSA) is 86.2 Å². The third-order valence-corrected chi connectivity index (χ3v) is 2.32. The standard InChI is InChI=1S/C8H14N2O2S/c1-3-8(6-9)5-4-7(2)13(10,11)12/h3-5H,2,6,9H2,1H3,(H2,10,11,12)/b5-4-,8-3+. The van der Waals surface area contributed by atoms with Crippen molar-refractivity contribution in [3.63, 3.8) is 0 Å². The van der Waals surface area contributed by atoms with Gasteiger partial charge < -0.3 is 5.73 Å². The van der Waals surface area contributed by atoms with E-state index in [4.69, 9.17) is 10.9 Å². The van der Waals surface area contributed by atoms with Crippen molar-refractivity contribution in [3.8, 4) is 0 Å². The Balaban J connectivity index is 4.56.